The van der Waals surface area contributed by atoms with E-state index in [1.165, 1.54) is 23.7 Å². The zero-order valence-electron chi connectivity index (χ0n) is 12.1. The minimum absolute atomic E-state index is 0.0590. The van der Waals surface area contributed by atoms with E-state index < -0.39 is 10.0 Å². The van der Waals surface area contributed by atoms with E-state index in [0.717, 1.165) is 4.88 Å². The summed E-state index contributed by atoms with van der Waals surface area (Å²) >= 11 is 1.53. The Balaban J connectivity index is 2.26. The Morgan fingerprint density at radius 1 is 1.24 bits per heavy atom. The van der Waals surface area contributed by atoms with Crippen LogP contribution in [0.5, 0.6) is 0 Å². The molecule has 2 heterocycles. The number of nitrogens with one attached hydrogen (secondary N) is 2. The molecule has 21 heavy (non-hydrogen) atoms. The van der Waals surface area contributed by atoms with E-state index in [2.05, 4.69) is 20.0 Å². The number of thiophene rings is 1. The van der Waals surface area contributed by atoms with E-state index in [-0.39, 0.29) is 16.9 Å². The average molecular weight is 326 g/mol. The molecule has 0 saturated heterocycles. The van der Waals surface area contributed by atoms with Gasteiger partial charge < -0.3 is 5.32 Å². The van der Waals surface area contributed by atoms with E-state index >= 15 is 0 Å². The second-order valence-corrected chi connectivity index (χ2v) is 7.54. The average Bonchev–Trinajstić information content (AvgIpc) is 2.98. The van der Waals surface area contributed by atoms with E-state index in [0.29, 0.717) is 5.95 Å². The molecule has 1 atom stereocenters. The summed E-state index contributed by atoms with van der Waals surface area (Å²) in [5.41, 5.74) is 0. The van der Waals surface area contributed by atoms with Gasteiger partial charge in [-0.1, -0.05) is 19.9 Å². The number of hydrogen-bond acceptors (Lipinski definition) is 6. The maximum absolute atomic E-state index is 12.4. The predicted molar refractivity (Wildman–Crippen MR) is 83.8 cm³/mol. The Kier molecular flexibility index (Phi) is 4.92. The van der Waals surface area contributed by atoms with Gasteiger partial charge in [-0.25, -0.2) is 23.1 Å². The summed E-state index contributed by atoms with van der Waals surface area (Å²) in [5, 5.41) is 4.69. The molecule has 2 aromatic rings. The van der Waals surface area contributed by atoms with Crippen LogP contribution in [0.4, 0.5) is 5.95 Å². The third-order valence-corrected chi connectivity index (χ3v) is 5.31. The van der Waals surface area contributed by atoms with Gasteiger partial charge in [-0.3, -0.25) is 0 Å². The van der Waals surface area contributed by atoms with Gasteiger partial charge in [0.25, 0.3) is 0 Å². The summed E-state index contributed by atoms with van der Waals surface area (Å²) in [6, 6.07) is 3.58. The zero-order valence-corrected chi connectivity index (χ0v) is 13.7. The quantitative estimate of drug-likeness (QED) is 0.850. The van der Waals surface area contributed by atoms with Crippen molar-refractivity contribution in [1.82, 2.24) is 14.7 Å². The van der Waals surface area contributed by atoms with Crippen molar-refractivity contribution in [3.8, 4) is 0 Å². The number of anilines is 1. The first-order valence-corrected chi connectivity index (χ1v) is 8.86. The minimum Gasteiger partial charge on any atom is -0.357 e. The van der Waals surface area contributed by atoms with Gasteiger partial charge in [0.1, 0.15) is 4.90 Å². The van der Waals surface area contributed by atoms with Crippen LogP contribution in [0.25, 0.3) is 0 Å². The SMILES string of the molecule is CNc1ncc(S(=O)(=O)NC(c2cccs2)C(C)C)cn1. The molecule has 1 unspecified atom stereocenters. The lowest BCUT2D eigenvalue weighted by molar-refractivity contribution is 0.468. The van der Waals surface area contributed by atoms with Gasteiger partial charge in [-0.05, 0) is 17.4 Å². The van der Waals surface area contributed by atoms with Crippen molar-refractivity contribution >= 4 is 27.3 Å². The van der Waals surface area contributed by atoms with Crippen molar-refractivity contribution in [2.75, 3.05) is 12.4 Å². The molecule has 6 nitrogen and oxygen atoms in total. The number of hydrogen-bond donors (Lipinski definition) is 2. The Bertz CT molecular complexity index is 667. The van der Waals surface area contributed by atoms with Crippen LogP contribution in [-0.2, 0) is 10.0 Å². The molecule has 0 aliphatic heterocycles. The second-order valence-electron chi connectivity index (χ2n) is 4.85. The summed E-state index contributed by atoms with van der Waals surface area (Å²) in [6.07, 6.45) is 2.60. The second kappa shape index (κ2) is 6.50. The first kappa shape index (κ1) is 15.9. The Hall–Kier alpha value is -1.51. The smallest absolute Gasteiger partial charge is 0.244 e. The number of rotatable bonds is 6. The lowest BCUT2D eigenvalue weighted by atomic mass is 10.0. The molecule has 8 heteroatoms. The summed E-state index contributed by atoms with van der Waals surface area (Å²) in [6.45, 7) is 3.96. The molecular formula is C13H18N4O2S2. The first-order valence-electron chi connectivity index (χ1n) is 6.49. The van der Waals surface area contributed by atoms with Gasteiger partial charge in [0.05, 0.1) is 18.4 Å². The molecule has 0 saturated carbocycles. The highest BCUT2D eigenvalue weighted by Gasteiger charge is 2.25. The van der Waals surface area contributed by atoms with Gasteiger partial charge >= 0.3 is 0 Å². The number of aromatic nitrogens is 2. The molecule has 0 bridgehead atoms. The molecule has 0 spiro atoms. The van der Waals surface area contributed by atoms with Crippen molar-refractivity contribution in [3.63, 3.8) is 0 Å². The van der Waals surface area contributed by atoms with Crippen LogP contribution in [0.2, 0.25) is 0 Å². The lowest BCUT2D eigenvalue weighted by Gasteiger charge is -2.21. The van der Waals surface area contributed by atoms with E-state index in [4.69, 9.17) is 0 Å². The fraction of sp³-hybridized carbons (Fsp3) is 0.385. The number of nitrogens with zero attached hydrogens (tertiary/aromatic N) is 2. The molecule has 2 aromatic heterocycles. The largest absolute Gasteiger partial charge is 0.357 e. The molecule has 0 aliphatic carbocycles. The lowest BCUT2D eigenvalue weighted by Crippen LogP contribution is -2.31. The summed E-state index contributed by atoms with van der Waals surface area (Å²) < 4.78 is 27.6. The third kappa shape index (κ3) is 3.78. The van der Waals surface area contributed by atoms with Gasteiger partial charge in [0, 0.05) is 11.9 Å². The molecule has 0 amide bonds. The standard InChI is InChI=1S/C13H18N4O2S2/c1-9(2)12(11-5-4-6-20-11)17-21(18,19)10-7-15-13(14-3)16-8-10/h4-9,12,17H,1-3H3,(H,14,15,16). The van der Waals surface area contributed by atoms with E-state index in [1.54, 1.807) is 7.05 Å². The van der Waals surface area contributed by atoms with Crippen molar-refractivity contribution in [1.29, 1.82) is 0 Å². The van der Waals surface area contributed by atoms with Crippen molar-refractivity contribution in [3.05, 3.63) is 34.8 Å². The van der Waals surface area contributed by atoms with Crippen LogP contribution in [0.15, 0.2) is 34.8 Å². The molecule has 0 fully saturated rings. The normalized spacial score (nSPS) is 13.3. The van der Waals surface area contributed by atoms with Crippen LogP contribution < -0.4 is 10.0 Å². The molecule has 114 valence electrons. The molecule has 2 rings (SSSR count). The van der Waals surface area contributed by atoms with Gasteiger partial charge in [0.2, 0.25) is 16.0 Å². The molecule has 2 N–H and O–H groups in total. The van der Waals surface area contributed by atoms with Crippen LogP contribution in [0, 0.1) is 5.92 Å². The van der Waals surface area contributed by atoms with Crippen LogP contribution >= 0.6 is 11.3 Å². The van der Waals surface area contributed by atoms with Gasteiger partial charge in [-0.15, -0.1) is 11.3 Å². The fourth-order valence-electron chi connectivity index (χ4n) is 1.81. The van der Waals surface area contributed by atoms with Crippen molar-refractivity contribution in [2.24, 2.45) is 5.92 Å². The van der Waals surface area contributed by atoms with E-state index in [1.807, 2.05) is 31.4 Å². The van der Waals surface area contributed by atoms with Crippen LogP contribution in [0.1, 0.15) is 24.8 Å². The van der Waals surface area contributed by atoms with E-state index in [9.17, 15) is 8.42 Å². The Morgan fingerprint density at radius 2 is 1.90 bits per heavy atom. The maximum Gasteiger partial charge on any atom is 0.244 e. The summed E-state index contributed by atoms with van der Waals surface area (Å²) in [5.74, 6) is 0.517. The zero-order chi connectivity index (χ0) is 15.5. The van der Waals surface area contributed by atoms with Crippen molar-refractivity contribution in [2.45, 2.75) is 24.8 Å². The topological polar surface area (TPSA) is 84.0 Å². The van der Waals surface area contributed by atoms with Gasteiger partial charge in [0.15, 0.2) is 0 Å². The summed E-state index contributed by atoms with van der Waals surface area (Å²) in [7, 11) is -1.98. The highest BCUT2D eigenvalue weighted by molar-refractivity contribution is 7.89. The molecule has 0 radical (unpaired) electrons. The maximum atomic E-state index is 12.4. The van der Waals surface area contributed by atoms with Crippen molar-refractivity contribution < 1.29 is 8.42 Å². The first-order chi connectivity index (χ1) is 9.94. The molecular weight excluding hydrogens is 308 g/mol. The van der Waals surface area contributed by atoms with Crippen LogP contribution in [0.3, 0.4) is 0 Å². The van der Waals surface area contributed by atoms with Gasteiger partial charge in [-0.2, -0.15) is 0 Å². The Labute approximate surface area is 128 Å². The highest BCUT2D eigenvalue weighted by atomic mass is 32.2. The third-order valence-electron chi connectivity index (χ3n) is 2.96. The molecule has 0 aromatic carbocycles. The summed E-state index contributed by atoms with van der Waals surface area (Å²) in [4.78, 5) is 8.93. The predicted octanol–water partition coefficient (Wildman–Crippen LogP) is 2.26. The molecule has 0 aliphatic rings. The highest BCUT2D eigenvalue weighted by Crippen LogP contribution is 2.27. The Morgan fingerprint density at radius 3 is 2.38 bits per heavy atom. The monoisotopic (exact) mass is 326 g/mol. The fourth-order valence-corrected chi connectivity index (χ4v) is 4.09. The minimum atomic E-state index is -3.65. The van der Waals surface area contributed by atoms with Crippen LogP contribution in [-0.4, -0.2) is 25.4 Å². The number of sulfonamides is 1.